The Labute approximate surface area is 118 Å². The van der Waals surface area contributed by atoms with E-state index in [0.29, 0.717) is 12.3 Å². The largest absolute Gasteiger partial charge is 0.343 e. The molecule has 2 rings (SSSR count). The molecular weight excluding hydrogens is 236 g/mol. The first-order valence-electron chi connectivity index (χ1n) is 8.35. The minimum atomic E-state index is 0.352. The van der Waals surface area contributed by atoms with Gasteiger partial charge in [0, 0.05) is 26.1 Å². The highest BCUT2D eigenvalue weighted by atomic mass is 16.2. The van der Waals surface area contributed by atoms with E-state index >= 15 is 0 Å². The third-order valence-electron chi connectivity index (χ3n) is 4.68. The van der Waals surface area contributed by atoms with E-state index in [0.717, 1.165) is 32.1 Å². The van der Waals surface area contributed by atoms with Crippen LogP contribution in [0.25, 0.3) is 0 Å². The van der Waals surface area contributed by atoms with Gasteiger partial charge in [0.2, 0.25) is 5.91 Å². The molecule has 3 heteroatoms. The summed E-state index contributed by atoms with van der Waals surface area (Å²) in [6.45, 7) is 3.93. The van der Waals surface area contributed by atoms with Crippen LogP contribution in [-0.4, -0.2) is 37.0 Å². The summed E-state index contributed by atoms with van der Waals surface area (Å²) in [5, 5.41) is 3.46. The lowest BCUT2D eigenvalue weighted by molar-refractivity contribution is -0.131. The van der Waals surface area contributed by atoms with Crippen LogP contribution in [0.3, 0.4) is 0 Å². The molecule has 1 saturated heterocycles. The molecule has 1 aliphatic carbocycles. The van der Waals surface area contributed by atoms with Gasteiger partial charge in [0.15, 0.2) is 0 Å². The van der Waals surface area contributed by atoms with E-state index < -0.39 is 0 Å². The van der Waals surface area contributed by atoms with E-state index in [1.54, 1.807) is 0 Å². The van der Waals surface area contributed by atoms with Crippen LogP contribution in [-0.2, 0) is 4.79 Å². The van der Waals surface area contributed by atoms with Crippen LogP contribution in [0.2, 0.25) is 0 Å². The molecule has 0 atom stereocenters. The molecule has 0 radical (unpaired) electrons. The summed E-state index contributed by atoms with van der Waals surface area (Å²) in [7, 11) is 0. The molecule has 19 heavy (non-hydrogen) atoms. The van der Waals surface area contributed by atoms with Crippen molar-refractivity contribution in [3.05, 3.63) is 0 Å². The van der Waals surface area contributed by atoms with Crippen molar-refractivity contribution in [2.24, 2.45) is 5.92 Å². The molecule has 1 amide bonds. The number of hydrogen-bond acceptors (Lipinski definition) is 2. The SMILES string of the molecule is O=C(CCNCCC1CCCCC1)N1CCCCC1. The fourth-order valence-corrected chi connectivity index (χ4v) is 3.40. The van der Waals surface area contributed by atoms with Crippen molar-refractivity contribution in [3.63, 3.8) is 0 Å². The normalized spacial score (nSPS) is 21.6. The molecule has 0 aromatic rings. The molecule has 0 aromatic heterocycles. The molecule has 3 nitrogen and oxygen atoms in total. The highest BCUT2D eigenvalue weighted by Gasteiger charge is 2.16. The van der Waals surface area contributed by atoms with Gasteiger partial charge < -0.3 is 10.2 Å². The van der Waals surface area contributed by atoms with Gasteiger partial charge in [-0.25, -0.2) is 0 Å². The minimum Gasteiger partial charge on any atom is -0.343 e. The molecule has 0 bridgehead atoms. The summed E-state index contributed by atoms with van der Waals surface area (Å²) >= 11 is 0. The second kappa shape index (κ2) is 8.57. The number of nitrogens with zero attached hydrogens (tertiary/aromatic N) is 1. The fraction of sp³-hybridized carbons (Fsp3) is 0.938. The van der Waals surface area contributed by atoms with Crippen molar-refractivity contribution >= 4 is 5.91 Å². The van der Waals surface area contributed by atoms with Crippen LogP contribution in [0.5, 0.6) is 0 Å². The minimum absolute atomic E-state index is 0.352. The number of nitrogens with one attached hydrogen (secondary N) is 1. The second-order valence-electron chi connectivity index (χ2n) is 6.23. The highest BCUT2D eigenvalue weighted by molar-refractivity contribution is 5.76. The monoisotopic (exact) mass is 266 g/mol. The Bertz CT molecular complexity index is 255. The number of amides is 1. The van der Waals surface area contributed by atoms with Crippen LogP contribution in [0.4, 0.5) is 0 Å². The average Bonchev–Trinajstić information content (AvgIpc) is 2.49. The molecule has 0 aromatic carbocycles. The van der Waals surface area contributed by atoms with Gasteiger partial charge >= 0.3 is 0 Å². The van der Waals surface area contributed by atoms with Gasteiger partial charge in [-0.05, 0) is 38.1 Å². The lowest BCUT2D eigenvalue weighted by atomic mass is 9.87. The van der Waals surface area contributed by atoms with E-state index in [1.165, 1.54) is 57.8 Å². The summed E-state index contributed by atoms with van der Waals surface area (Å²) in [5.74, 6) is 1.30. The van der Waals surface area contributed by atoms with Crippen LogP contribution in [0.1, 0.15) is 64.2 Å². The third-order valence-corrected chi connectivity index (χ3v) is 4.68. The molecule has 1 saturated carbocycles. The molecular formula is C16H30N2O. The van der Waals surface area contributed by atoms with Gasteiger partial charge in [-0.1, -0.05) is 32.1 Å². The molecule has 0 unspecified atom stereocenters. The standard InChI is InChI=1S/C16H30N2O/c19-16(18-13-5-2-6-14-18)10-12-17-11-9-15-7-3-1-4-8-15/h15,17H,1-14H2. The summed E-state index contributed by atoms with van der Waals surface area (Å²) in [6, 6.07) is 0. The quantitative estimate of drug-likeness (QED) is 0.750. The zero-order chi connectivity index (χ0) is 13.3. The Morgan fingerprint density at radius 3 is 2.37 bits per heavy atom. The number of piperidine rings is 1. The number of rotatable bonds is 6. The van der Waals surface area contributed by atoms with Crippen LogP contribution >= 0.6 is 0 Å². The zero-order valence-corrected chi connectivity index (χ0v) is 12.3. The predicted molar refractivity (Wildman–Crippen MR) is 79.1 cm³/mol. The Morgan fingerprint density at radius 2 is 1.63 bits per heavy atom. The van der Waals surface area contributed by atoms with Crippen molar-refractivity contribution in [1.82, 2.24) is 10.2 Å². The molecule has 2 aliphatic rings. The summed E-state index contributed by atoms with van der Waals surface area (Å²) < 4.78 is 0. The van der Waals surface area contributed by atoms with E-state index in [-0.39, 0.29) is 0 Å². The molecule has 1 heterocycles. The first kappa shape index (κ1) is 14.8. The highest BCUT2D eigenvalue weighted by Crippen LogP contribution is 2.25. The van der Waals surface area contributed by atoms with Gasteiger partial charge in [-0.15, -0.1) is 0 Å². The molecule has 1 N–H and O–H groups in total. The Morgan fingerprint density at radius 1 is 0.947 bits per heavy atom. The van der Waals surface area contributed by atoms with Gasteiger partial charge in [0.1, 0.15) is 0 Å². The maximum absolute atomic E-state index is 11.9. The Hall–Kier alpha value is -0.570. The summed E-state index contributed by atoms with van der Waals surface area (Å²) in [4.78, 5) is 14.0. The Balaban J connectivity index is 1.47. The third kappa shape index (κ3) is 5.52. The van der Waals surface area contributed by atoms with Crippen LogP contribution in [0.15, 0.2) is 0 Å². The molecule has 110 valence electrons. The van der Waals surface area contributed by atoms with Gasteiger partial charge in [-0.2, -0.15) is 0 Å². The van der Waals surface area contributed by atoms with Gasteiger partial charge in [0.05, 0.1) is 0 Å². The summed E-state index contributed by atoms with van der Waals surface area (Å²) in [5.41, 5.74) is 0. The van der Waals surface area contributed by atoms with Crippen molar-refractivity contribution in [1.29, 1.82) is 0 Å². The topological polar surface area (TPSA) is 32.3 Å². The maximum Gasteiger partial charge on any atom is 0.223 e. The second-order valence-corrected chi connectivity index (χ2v) is 6.23. The number of hydrogen-bond donors (Lipinski definition) is 1. The van der Waals surface area contributed by atoms with Crippen molar-refractivity contribution in [2.75, 3.05) is 26.2 Å². The number of carbonyl (C=O) groups is 1. The molecule has 1 aliphatic heterocycles. The van der Waals surface area contributed by atoms with E-state index in [2.05, 4.69) is 5.32 Å². The van der Waals surface area contributed by atoms with Crippen molar-refractivity contribution in [3.8, 4) is 0 Å². The maximum atomic E-state index is 11.9. The average molecular weight is 266 g/mol. The Kier molecular flexibility index (Phi) is 6.69. The number of carbonyl (C=O) groups excluding carboxylic acids is 1. The van der Waals surface area contributed by atoms with E-state index in [9.17, 15) is 4.79 Å². The van der Waals surface area contributed by atoms with Crippen molar-refractivity contribution < 1.29 is 4.79 Å². The molecule has 2 fully saturated rings. The van der Waals surface area contributed by atoms with Crippen molar-refractivity contribution in [2.45, 2.75) is 64.2 Å². The van der Waals surface area contributed by atoms with Gasteiger partial charge in [-0.3, -0.25) is 4.79 Å². The number of likely N-dealkylation sites (tertiary alicyclic amines) is 1. The smallest absolute Gasteiger partial charge is 0.223 e. The zero-order valence-electron chi connectivity index (χ0n) is 12.3. The van der Waals surface area contributed by atoms with Crippen LogP contribution < -0.4 is 5.32 Å². The predicted octanol–water partition coefficient (Wildman–Crippen LogP) is 2.95. The first-order chi connectivity index (χ1) is 9.36. The molecule has 0 spiro atoms. The summed E-state index contributed by atoms with van der Waals surface area (Å²) in [6.07, 6.45) is 12.8. The van der Waals surface area contributed by atoms with E-state index in [4.69, 9.17) is 0 Å². The lowest BCUT2D eigenvalue weighted by Crippen LogP contribution is -2.37. The van der Waals surface area contributed by atoms with E-state index in [1.807, 2.05) is 4.90 Å². The lowest BCUT2D eigenvalue weighted by Gasteiger charge is -2.26. The fourth-order valence-electron chi connectivity index (χ4n) is 3.40. The van der Waals surface area contributed by atoms with Gasteiger partial charge in [0.25, 0.3) is 0 Å². The van der Waals surface area contributed by atoms with Crippen LogP contribution in [0, 0.1) is 5.92 Å². The first-order valence-corrected chi connectivity index (χ1v) is 8.35.